The lowest BCUT2D eigenvalue weighted by Gasteiger charge is -2.19. The summed E-state index contributed by atoms with van der Waals surface area (Å²) in [4.78, 5) is 16.8. The molecule has 0 saturated heterocycles. The van der Waals surface area contributed by atoms with Crippen LogP contribution in [0.2, 0.25) is 0 Å². The summed E-state index contributed by atoms with van der Waals surface area (Å²) in [7, 11) is 3.09. The van der Waals surface area contributed by atoms with Crippen molar-refractivity contribution in [3.63, 3.8) is 0 Å². The predicted molar refractivity (Wildman–Crippen MR) is 61.6 cm³/mol. The quantitative estimate of drug-likeness (QED) is 0.567. The number of hydrogen-bond donors (Lipinski definition) is 0. The SMILES string of the molecule is [CH2]OC(=O)N(OCCCC)c1ccccc1. The van der Waals surface area contributed by atoms with Crippen molar-refractivity contribution in [1.29, 1.82) is 0 Å². The molecule has 0 atom stereocenters. The van der Waals surface area contributed by atoms with Crippen molar-refractivity contribution in [2.75, 3.05) is 11.7 Å². The number of rotatable bonds is 5. The Hall–Kier alpha value is -1.55. The second-order valence-electron chi connectivity index (χ2n) is 3.23. The fraction of sp³-hybridized carbons (Fsp3) is 0.333. The largest absolute Gasteiger partial charge is 0.444 e. The highest BCUT2D eigenvalue weighted by Crippen LogP contribution is 2.15. The monoisotopic (exact) mass is 222 g/mol. The zero-order chi connectivity index (χ0) is 11.8. The summed E-state index contributed by atoms with van der Waals surface area (Å²) >= 11 is 0. The molecule has 1 rings (SSSR count). The number of ether oxygens (including phenoxy) is 1. The molecule has 0 N–H and O–H groups in total. The number of para-hydroxylation sites is 1. The summed E-state index contributed by atoms with van der Waals surface area (Å²) in [5.41, 5.74) is 0.632. The van der Waals surface area contributed by atoms with Crippen LogP contribution in [-0.4, -0.2) is 12.7 Å². The molecule has 0 aliphatic carbocycles. The Morgan fingerprint density at radius 2 is 2.06 bits per heavy atom. The number of unbranched alkanes of at least 4 members (excludes halogenated alkanes) is 1. The first-order chi connectivity index (χ1) is 7.79. The van der Waals surface area contributed by atoms with Gasteiger partial charge in [-0.1, -0.05) is 31.5 Å². The molecule has 1 radical (unpaired) electrons. The molecule has 4 heteroatoms. The maximum absolute atomic E-state index is 11.4. The third-order valence-electron chi connectivity index (χ3n) is 2.00. The van der Waals surface area contributed by atoms with Crippen LogP contribution in [0, 0.1) is 7.11 Å². The molecule has 0 saturated carbocycles. The molecule has 1 aromatic rings. The Bertz CT molecular complexity index is 313. The highest BCUT2D eigenvalue weighted by molar-refractivity contribution is 5.85. The number of hydrogen-bond acceptors (Lipinski definition) is 3. The van der Waals surface area contributed by atoms with Crippen LogP contribution >= 0.6 is 0 Å². The van der Waals surface area contributed by atoms with Gasteiger partial charge in [0.2, 0.25) is 0 Å². The van der Waals surface area contributed by atoms with Crippen LogP contribution in [0.3, 0.4) is 0 Å². The molecular formula is C12H16NO3. The maximum atomic E-state index is 11.4. The van der Waals surface area contributed by atoms with Gasteiger partial charge in [0.05, 0.1) is 12.3 Å². The lowest BCUT2D eigenvalue weighted by molar-refractivity contribution is 0.0890. The molecule has 0 bridgehead atoms. The first-order valence-corrected chi connectivity index (χ1v) is 5.23. The zero-order valence-corrected chi connectivity index (χ0v) is 9.39. The molecule has 0 aromatic heterocycles. The lowest BCUT2D eigenvalue weighted by atomic mass is 10.3. The van der Waals surface area contributed by atoms with Gasteiger partial charge in [-0.3, -0.25) is 4.84 Å². The van der Waals surface area contributed by atoms with E-state index >= 15 is 0 Å². The van der Waals surface area contributed by atoms with E-state index in [1.807, 2.05) is 18.2 Å². The second kappa shape index (κ2) is 6.85. The molecule has 0 unspecified atom stereocenters. The maximum Gasteiger partial charge on any atom is 0.438 e. The van der Waals surface area contributed by atoms with Crippen molar-refractivity contribution >= 4 is 11.8 Å². The molecule has 0 heterocycles. The van der Waals surface area contributed by atoms with E-state index in [0.29, 0.717) is 12.3 Å². The number of anilines is 1. The van der Waals surface area contributed by atoms with E-state index in [9.17, 15) is 4.79 Å². The number of amides is 1. The van der Waals surface area contributed by atoms with E-state index in [-0.39, 0.29) is 0 Å². The van der Waals surface area contributed by atoms with Crippen LogP contribution in [-0.2, 0) is 9.57 Å². The number of carbonyl (C=O) groups is 1. The Labute approximate surface area is 95.7 Å². The van der Waals surface area contributed by atoms with Gasteiger partial charge in [0.25, 0.3) is 0 Å². The normalized spacial score (nSPS) is 9.88. The average Bonchev–Trinajstić information content (AvgIpc) is 2.35. The minimum absolute atomic E-state index is 0.473. The number of benzene rings is 1. The molecule has 0 aliphatic rings. The van der Waals surface area contributed by atoms with E-state index < -0.39 is 6.09 Å². The molecular weight excluding hydrogens is 206 g/mol. The standard InChI is InChI=1S/C12H16NO3/c1-3-4-10-16-13(12(14)15-2)11-8-6-5-7-9-11/h5-9H,2-4,10H2,1H3. The van der Waals surface area contributed by atoms with E-state index in [1.165, 1.54) is 0 Å². The molecule has 1 aromatic carbocycles. The van der Waals surface area contributed by atoms with E-state index in [2.05, 4.69) is 18.8 Å². The van der Waals surface area contributed by atoms with E-state index in [1.54, 1.807) is 12.1 Å². The Morgan fingerprint density at radius 1 is 1.38 bits per heavy atom. The van der Waals surface area contributed by atoms with Crippen molar-refractivity contribution in [3.05, 3.63) is 37.4 Å². The molecule has 87 valence electrons. The van der Waals surface area contributed by atoms with Gasteiger partial charge >= 0.3 is 6.09 Å². The third kappa shape index (κ3) is 3.55. The van der Waals surface area contributed by atoms with Crippen molar-refractivity contribution in [2.24, 2.45) is 0 Å². The highest BCUT2D eigenvalue weighted by atomic mass is 16.7. The van der Waals surface area contributed by atoms with Crippen LogP contribution in [0.25, 0.3) is 0 Å². The Morgan fingerprint density at radius 3 is 2.62 bits per heavy atom. The Kier molecular flexibility index (Phi) is 5.36. The van der Waals surface area contributed by atoms with Gasteiger partial charge in [-0.2, -0.15) is 5.06 Å². The number of carbonyl (C=O) groups excluding carboxylic acids is 1. The molecule has 0 spiro atoms. The minimum Gasteiger partial charge on any atom is -0.444 e. The fourth-order valence-corrected chi connectivity index (χ4v) is 1.15. The fourth-order valence-electron chi connectivity index (χ4n) is 1.15. The van der Waals surface area contributed by atoms with Gasteiger partial charge in [0.15, 0.2) is 0 Å². The average molecular weight is 222 g/mol. The van der Waals surface area contributed by atoms with Gasteiger partial charge in [-0.25, -0.2) is 4.79 Å². The van der Waals surface area contributed by atoms with Gasteiger partial charge in [-0.15, -0.1) is 0 Å². The lowest BCUT2D eigenvalue weighted by Crippen LogP contribution is -2.30. The summed E-state index contributed by atoms with van der Waals surface area (Å²) in [5.74, 6) is 0. The van der Waals surface area contributed by atoms with E-state index in [0.717, 1.165) is 17.9 Å². The Balaban J connectivity index is 2.68. The summed E-state index contributed by atoms with van der Waals surface area (Å²) in [6.45, 7) is 2.52. The molecule has 0 aliphatic heterocycles. The summed E-state index contributed by atoms with van der Waals surface area (Å²) in [6, 6.07) is 9.04. The van der Waals surface area contributed by atoms with Crippen LogP contribution in [0.5, 0.6) is 0 Å². The molecule has 1 amide bonds. The van der Waals surface area contributed by atoms with E-state index in [4.69, 9.17) is 4.84 Å². The van der Waals surface area contributed by atoms with Crippen molar-refractivity contribution in [1.82, 2.24) is 0 Å². The first-order valence-electron chi connectivity index (χ1n) is 5.23. The van der Waals surface area contributed by atoms with Crippen LogP contribution < -0.4 is 5.06 Å². The van der Waals surface area contributed by atoms with Gasteiger partial charge in [-0.05, 0) is 18.6 Å². The topological polar surface area (TPSA) is 38.8 Å². The van der Waals surface area contributed by atoms with Crippen LogP contribution in [0.15, 0.2) is 30.3 Å². The molecule has 4 nitrogen and oxygen atoms in total. The number of nitrogens with zero attached hydrogens (tertiary/aromatic N) is 1. The number of hydroxylamine groups is 1. The van der Waals surface area contributed by atoms with Crippen LogP contribution in [0.1, 0.15) is 19.8 Å². The highest BCUT2D eigenvalue weighted by Gasteiger charge is 2.16. The minimum atomic E-state index is -0.623. The first kappa shape index (κ1) is 12.5. The molecule has 0 fully saturated rings. The predicted octanol–water partition coefficient (Wildman–Crippen LogP) is 3.15. The van der Waals surface area contributed by atoms with Gasteiger partial charge < -0.3 is 4.74 Å². The van der Waals surface area contributed by atoms with Gasteiger partial charge in [0, 0.05) is 0 Å². The molecule has 16 heavy (non-hydrogen) atoms. The second-order valence-corrected chi connectivity index (χ2v) is 3.23. The van der Waals surface area contributed by atoms with Gasteiger partial charge in [0.1, 0.15) is 7.11 Å². The summed E-state index contributed by atoms with van der Waals surface area (Å²) in [6.07, 6.45) is 1.26. The third-order valence-corrected chi connectivity index (χ3v) is 2.00. The van der Waals surface area contributed by atoms with Crippen LogP contribution in [0.4, 0.5) is 10.5 Å². The zero-order valence-electron chi connectivity index (χ0n) is 9.39. The summed E-state index contributed by atoms with van der Waals surface area (Å²) < 4.78 is 4.41. The van der Waals surface area contributed by atoms with Crippen molar-refractivity contribution in [3.8, 4) is 0 Å². The smallest absolute Gasteiger partial charge is 0.438 e. The van der Waals surface area contributed by atoms with Crippen molar-refractivity contribution < 1.29 is 14.4 Å². The summed E-state index contributed by atoms with van der Waals surface area (Å²) in [5, 5.41) is 1.11. The van der Waals surface area contributed by atoms with Crippen molar-refractivity contribution in [2.45, 2.75) is 19.8 Å².